The number of aromatic nitrogens is 3. The van der Waals surface area contributed by atoms with E-state index >= 15 is 0 Å². The number of methoxy groups -OCH3 is 2. The molecular weight excluding hydrogens is 463 g/mol. The number of benzene rings is 2. The lowest BCUT2D eigenvalue weighted by Gasteiger charge is -2.39. The molecule has 4 aromatic rings. The summed E-state index contributed by atoms with van der Waals surface area (Å²) >= 11 is 0. The van der Waals surface area contributed by atoms with Crippen molar-refractivity contribution in [1.29, 1.82) is 0 Å². The third kappa shape index (κ3) is 4.19. The molecule has 0 bridgehead atoms. The number of nitrogens with zero attached hydrogens (tertiary/aromatic N) is 3. The number of rotatable bonds is 6. The second-order valence-electron chi connectivity index (χ2n) is 8.17. The second-order valence-corrected chi connectivity index (χ2v) is 8.17. The van der Waals surface area contributed by atoms with E-state index in [9.17, 15) is 9.18 Å². The van der Waals surface area contributed by atoms with Gasteiger partial charge in [0.2, 0.25) is 5.88 Å². The zero-order chi connectivity index (χ0) is 25.1. The number of carbonyl (C=O) groups excluding carboxylic acids is 1. The van der Waals surface area contributed by atoms with Gasteiger partial charge in [0.25, 0.3) is 5.91 Å². The number of hydrogen-bond donors (Lipinski definition) is 1. The highest BCUT2D eigenvalue weighted by atomic mass is 19.1. The van der Waals surface area contributed by atoms with Crippen molar-refractivity contribution in [3.63, 3.8) is 0 Å². The fraction of sp³-hybridized carbons (Fsp3) is 0.185. The largest absolute Gasteiger partial charge is 0.491 e. The first kappa shape index (κ1) is 23.2. The van der Waals surface area contributed by atoms with Crippen LogP contribution in [0.1, 0.15) is 28.0 Å². The van der Waals surface area contributed by atoms with Gasteiger partial charge < -0.3 is 19.5 Å². The van der Waals surface area contributed by atoms with E-state index in [1.54, 1.807) is 18.5 Å². The van der Waals surface area contributed by atoms with Crippen LogP contribution in [-0.4, -0.2) is 41.7 Å². The Labute approximate surface area is 207 Å². The predicted octanol–water partition coefficient (Wildman–Crippen LogP) is 4.15. The summed E-state index contributed by atoms with van der Waals surface area (Å²) in [4.78, 5) is 26.3. The number of fused-ring (bicyclic) bond motifs is 1. The molecule has 8 nitrogen and oxygen atoms in total. The molecule has 36 heavy (non-hydrogen) atoms. The van der Waals surface area contributed by atoms with Gasteiger partial charge in [0.15, 0.2) is 0 Å². The van der Waals surface area contributed by atoms with Gasteiger partial charge in [-0.3, -0.25) is 9.78 Å². The highest BCUT2D eigenvalue weighted by Crippen LogP contribution is 2.41. The summed E-state index contributed by atoms with van der Waals surface area (Å²) in [5, 5.41) is 3.17. The predicted molar refractivity (Wildman–Crippen MR) is 130 cm³/mol. The molecule has 1 aliphatic rings. The van der Waals surface area contributed by atoms with Crippen molar-refractivity contribution in [3.8, 4) is 28.8 Å². The summed E-state index contributed by atoms with van der Waals surface area (Å²) in [5.74, 6) is 0.222. The molecule has 1 aliphatic heterocycles. The number of halogens is 1. The van der Waals surface area contributed by atoms with E-state index < -0.39 is 11.4 Å². The Morgan fingerprint density at radius 3 is 2.53 bits per heavy atom. The maximum absolute atomic E-state index is 13.4. The van der Waals surface area contributed by atoms with Crippen molar-refractivity contribution in [2.24, 2.45) is 0 Å². The summed E-state index contributed by atoms with van der Waals surface area (Å²) in [7, 11) is 3.02. The molecule has 182 valence electrons. The first-order valence-corrected chi connectivity index (χ1v) is 11.3. The standard InChI is InChI=1S/C27H23FN4O4/c1-34-25-21(16-30-26(31-25)35-2)17-5-9-19(10-6-17)27(13-15-36-22-4-3-14-29-23(22)27)32-24(33)18-7-11-20(28)12-8-18/h3-12,14,16H,13,15H2,1-2H3,(H,32,33). The van der Waals surface area contributed by atoms with E-state index in [1.807, 2.05) is 30.3 Å². The van der Waals surface area contributed by atoms with Crippen LogP contribution >= 0.6 is 0 Å². The first-order valence-electron chi connectivity index (χ1n) is 11.3. The number of pyridine rings is 1. The number of nitrogens with one attached hydrogen (secondary N) is 1. The molecule has 0 fully saturated rings. The summed E-state index contributed by atoms with van der Waals surface area (Å²) < 4.78 is 29.8. The van der Waals surface area contributed by atoms with Crippen LogP contribution < -0.4 is 19.5 Å². The van der Waals surface area contributed by atoms with E-state index in [1.165, 1.54) is 38.5 Å². The van der Waals surface area contributed by atoms with Gasteiger partial charge in [-0.05, 0) is 47.5 Å². The Kier molecular flexibility index (Phi) is 6.20. The van der Waals surface area contributed by atoms with Crippen molar-refractivity contribution >= 4 is 5.91 Å². The maximum Gasteiger partial charge on any atom is 0.319 e. The first-order chi connectivity index (χ1) is 17.5. The van der Waals surface area contributed by atoms with Crippen molar-refractivity contribution in [2.45, 2.75) is 12.0 Å². The van der Waals surface area contributed by atoms with Gasteiger partial charge in [0, 0.05) is 24.4 Å². The van der Waals surface area contributed by atoms with Crippen LogP contribution in [0.5, 0.6) is 17.6 Å². The number of hydrogen-bond acceptors (Lipinski definition) is 7. The minimum absolute atomic E-state index is 0.208. The molecule has 0 radical (unpaired) electrons. The molecule has 9 heteroatoms. The molecule has 1 atom stereocenters. The van der Waals surface area contributed by atoms with Gasteiger partial charge in [-0.25, -0.2) is 9.37 Å². The molecule has 3 heterocycles. The fourth-order valence-corrected chi connectivity index (χ4v) is 4.34. The van der Waals surface area contributed by atoms with Crippen molar-refractivity contribution in [1.82, 2.24) is 20.3 Å². The Hall–Kier alpha value is -4.53. The molecule has 1 amide bonds. The van der Waals surface area contributed by atoms with E-state index in [0.29, 0.717) is 41.5 Å². The van der Waals surface area contributed by atoms with Crippen LogP contribution in [0.4, 0.5) is 4.39 Å². The molecule has 0 saturated heterocycles. The fourth-order valence-electron chi connectivity index (χ4n) is 4.34. The minimum atomic E-state index is -0.959. The van der Waals surface area contributed by atoms with Crippen LogP contribution in [0.25, 0.3) is 11.1 Å². The highest BCUT2D eigenvalue weighted by Gasteiger charge is 2.42. The van der Waals surface area contributed by atoms with Crippen LogP contribution in [0, 0.1) is 5.82 Å². The number of amides is 1. The van der Waals surface area contributed by atoms with Crippen LogP contribution in [0.15, 0.2) is 73.1 Å². The molecule has 0 spiro atoms. The third-order valence-electron chi connectivity index (χ3n) is 6.14. The summed E-state index contributed by atoms with van der Waals surface area (Å²) in [6.45, 7) is 0.379. The van der Waals surface area contributed by atoms with Crippen molar-refractivity contribution in [2.75, 3.05) is 20.8 Å². The lowest BCUT2D eigenvalue weighted by atomic mass is 9.80. The monoisotopic (exact) mass is 486 g/mol. The van der Waals surface area contributed by atoms with E-state index in [2.05, 4.69) is 20.3 Å². The summed E-state index contributed by atoms with van der Waals surface area (Å²) in [5.41, 5.74) is 2.32. The molecule has 0 saturated carbocycles. The zero-order valence-corrected chi connectivity index (χ0v) is 19.7. The molecular formula is C27H23FN4O4. The van der Waals surface area contributed by atoms with Gasteiger partial charge >= 0.3 is 6.01 Å². The van der Waals surface area contributed by atoms with Crippen molar-refractivity contribution < 1.29 is 23.4 Å². The highest BCUT2D eigenvalue weighted by molar-refractivity contribution is 5.95. The van der Waals surface area contributed by atoms with Crippen LogP contribution in [0.3, 0.4) is 0 Å². The van der Waals surface area contributed by atoms with Crippen molar-refractivity contribution in [3.05, 3.63) is 95.7 Å². The summed E-state index contributed by atoms with van der Waals surface area (Å²) in [6.07, 6.45) is 3.76. The van der Waals surface area contributed by atoms with Gasteiger partial charge in [0.1, 0.15) is 22.8 Å². The molecule has 2 aromatic heterocycles. The molecule has 2 aromatic carbocycles. The third-order valence-corrected chi connectivity index (χ3v) is 6.14. The number of ether oxygens (including phenoxy) is 3. The van der Waals surface area contributed by atoms with Gasteiger partial charge in [-0.15, -0.1) is 0 Å². The van der Waals surface area contributed by atoms with Crippen LogP contribution in [0.2, 0.25) is 0 Å². The van der Waals surface area contributed by atoms with E-state index in [4.69, 9.17) is 14.2 Å². The zero-order valence-electron chi connectivity index (χ0n) is 19.7. The van der Waals surface area contributed by atoms with E-state index in [0.717, 1.165) is 11.1 Å². The smallest absolute Gasteiger partial charge is 0.319 e. The average Bonchev–Trinajstić information content (AvgIpc) is 2.93. The lowest BCUT2D eigenvalue weighted by molar-refractivity contribution is 0.0883. The lowest BCUT2D eigenvalue weighted by Crippen LogP contribution is -2.50. The minimum Gasteiger partial charge on any atom is -0.491 e. The normalized spacial score (nSPS) is 16.4. The topological polar surface area (TPSA) is 95.5 Å². The second kappa shape index (κ2) is 9.61. The van der Waals surface area contributed by atoms with Crippen LogP contribution in [-0.2, 0) is 5.54 Å². The number of carbonyl (C=O) groups is 1. The summed E-state index contributed by atoms with van der Waals surface area (Å²) in [6, 6.07) is 16.9. The Morgan fingerprint density at radius 1 is 1.03 bits per heavy atom. The van der Waals surface area contributed by atoms with Gasteiger partial charge in [-0.2, -0.15) is 4.98 Å². The molecule has 5 rings (SSSR count). The van der Waals surface area contributed by atoms with Gasteiger partial charge in [-0.1, -0.05) is 24.3 Å². The quantitative estimate of drug-likeness (QED) is 0.437. The average molecular weight is 487 g/mol. The van der Waals surface area contributed by atoms with Gasteiger partial charge in [0.05, 0.1) is 26.4 Å². The Bertz CT molecular complexity index is 1400. The molecule has 0 aliphatic carbocycles. The Morgan fingerprint density at radius 2 is 1.81 bits per heavy atom. The van der Waals surface area contributed by atoms with E-state index in [-0.39, 0.29) is 11.9 Å². The Balaban J connectivity index is 1.57. The molecule has 1 unspecified atom stereocenters. The maximum atomic E-state index is 13.4. The SMILES string of the molecule is COc1ncc(-c2ccc(C3(NC(=O)c4ccc(F)cc4)CCOc4cccnc43)cc2)c(OC)n1. The molecule has 1 N–H and O–H groups in total.